The first-order valence-electron chi connectivity index (χ1n) is 6.71. The minimum absolute atomic E-state index is 0.0215. The van der Waals surface area contributed by atoms with E-state index in [0.717, 1.165) is 14.9 Å². The van der Waals surface area contributed by atoms with Gasteiger partial charge in [-0.15, -0.1) is 0 Å². The number of carbonyl (C=O) groups excluding carboxylic acids is 1. The fourth-order valence-electron chi connectivity index (χ4n) is 2.07. The van der Waals surface area contributed by atoms with Crippen molar-refractivity contribution >= 4 is 33.3 Å². The number of carbonyl (C=O) groups is 1. The van der Waals surface area contributed by atoms with Crippen LogP contribution in [0.1, 0.15) is 5.56 Å². The molecule has 0 bridgehead atoms. The Morgan fingerprint density at radius 2 is 2.00 bits per heavy atom. The Balaban J connectivity index is 2.58. The second kappa shape index (κ2) is 7.43. The SMILES string of the molecule is COCOc1cc(Br)ccc1N(C(N)=O)c1cc(C)ccc1F. The van der Waals surface area contributed by atoms with Crippen LogP contribution >= 0.6 is 15.9 Å². The largest absolute Gasteiger partial charge is 0.465 e. The van der Waals surface area contributed by atoms with Gasteiger partial charge >= 0.3 is 6.03 Å². The number of methoxy groups -OCH3 is 1. The highest BCUT2D eigenvalue weighted by atomic mass is 79.9. The Hall–Kier alpha value is -2.12. The van der Waals surface area contributed by atoms with Crippen molar-refractivity contribution in [1.82, 2.24) is 0 Å². The number of ether oxygens (including phenoxy) is 2. The number of halogens is 2. The number of rotatable bonds is 5. The van der Waals surface area contributed by atoms with Gasteiger partial charge in [-0.1, -0.05) is 22.0 Å². The van der Waals surface area contributed by atoms with E-state index < -0.39 is 11.8 Å². The van der Waals surface area contributed by atoms with Crippen molar-refractivity contribution in [2.24, 2.45) is 5.73 Å². The molecule has 0 aliphatic carbocycles. The quantitative estimate of drug-likeness (QED) is 0.791. The number of nitrogens with two attached hydrogens (primary N) is 1. The van der Waals surface area contributed by atoms with Gasteiger partial charge in [0.1, 0.15) is 11.6 Å². The molecule has 0 aliphatic heterocycles. The van der Waals surface area contributed by atoms with Gasteiger partial charge in [0, 0.05) is 11.6 Å². The van der Waals surface area contributed by atoms with Gasteiger partial charge in [0.05, 0.1) is 11.4 Å². The highest BCUT2D eigenvalue weighted by Gasteiger charge is 2.22. The summed E-state index contributed by atoms with van der Waals surface area (Å²) in [5, 5.41) is 0. The molecule has 7 heteroatoms. The van der Waals surface area contributed by atoms with Crippen LogP contribution in [0.3, 0.4) is 0 Å². The van der Waals surface area contributed by atoms with Crippen LogP contribution in [0.15, 0.2) is 40.9 Å². The van der Waals surface area contributed by atoms with Gasteiger partial charge in [-0.25, -0.2) is 9.18 Å². The van der Waals surface area contributed by atoms with Gasteiger partial charge in [0.25, 0.3) is 0 Å². The van der Waals surface area contributed by atoms with E-state index >= 15 is 0 Å². The van der Waals surface area contributed by atoms with Gasteiger partial charge in [-0.2, -0.15) is 0 Å². The summed E-state index contributed by atoms with van der Waals surface area (Å²) in [6.45, 7) is 1.78. The van der Waals surface area contributed by atoms with E-state index in [1.54, 1.807) is 37.3 Å². The second-order valence-electron chi connectivity index (χ2n) is 4.79. The number of anilines is 2. The zero-order valence-electron chi connectivity index (χ0n) is 12.7. The van der Waals surface area contributed by atoms with Crippen molar-refractivity contribution in [1.29, 1.82) is 0 Å². The molecule has 0 atom stereocenters. The van der Waals surface area contributed by atoms with E-state index in [0.29, 0.717) is 11.4 Å². The standard InChI is InChI=1S/C16H16BrFN2O3/c1-10-3-5-12(18)14(7-10)20(16(19)21)13-6-4-11(17)8-15(13)23-9-22-2/h3-8H,9H2,1-2H3,(H2,19,21). The lowest BCUT2D eigenvalue weighted by Crippen LogP contribution is -2.32. The first-order valence-corrected chi connectivity index (χ1v) is 7.50. The maximum absolute atomic E-state index is 14.2. The summed E-state index contributed by atoms with van der Waals surface area (Å²) in [5.74, 6) is -0.226. The normalized spacial score (nSPS) is 10.4. The van der Waals surface area contributed by atoms with E-state index in [1.165, 1.54) is 13.2 Å². The molecule has 23 heavy (non-hydrogen) atoms. The number of urea groups is 1. The molecule has 0 saturated carbocycles. The molecule has 0 fully saturated rings. The van der Waals surface area contributed by atoms with Crippen molar-refractivity contribution in [3.8, 4) is 5.75 Å². The minimum atomic E-state index is -0.820. The first-order chi connectivity index (χ1) is 10.9. The lowest BCUT2D eigenvalue weighted by Gasteiger charge is -2.24. The maximum atomic E-state index is 14.2. The fourth-order valence-corrected chi connectivity index (χ4v) is 2.41. The zero-order valence-corrected chi connectivity index (χ0v) is 14.3. The van der Waals surface area contributed by atoms with Crippen LogP contribution in [-0.2, 0) is 4.74 Å². The lowest BCUT2D eigenvalue weighted by atomic mass is 10.1. The van der Waals surface area contributed by atoms with Crippen LogP contribution in [-0.4, -0.2) is 19.9 Å². The molecule has 2 aromatic carbocycles. The van der Waals surface area contributed by atoms with E-state index in [9.17, 15) is 9.18 Å². The predicted octanol–water partition coefficient (Wildman–Crippen LogP) is 4.10. The van der Waals surface area contributed by atoms with Crippen LogP contribution in [0.4, 0.5) is 20.6 Å². The molecule has 0 aliphatic rings. The van der Waals surface area contributed by atoms with Gasteiger partial charge in [-0.05, 0) is 42.8 Å². The van der Waals surface area contributed by atoms with Crippen molar-refractivity contribution in [3.05, 3.63) is 52.3 Å². The fraction of sp³-hybridized carbons (Fsp3) is 0.188. The molecular weight excluding hydrogens is 367 g/mol. The molecule has 5 nitrogen and oxygen atoms in total. The van der Waals surface area contributed by atoms with Crippen LogP contribution in [0, 0.1) is 12.7 Å². The summed E-state index contributed by atoms with van der Waals surface area (Å²) >= 11 is 3.33. The molecule has 0 aromatic heterocycles. The van der Waals surface area contributed by atoms with Gasteiger partial charge in [0.2, 0.25) is 0 Å². The topological polar surface area (TPSA) is 64.8 Å². The predicted molar refractivity (Wildman–Crippen MR) is 89.5 cm³/mol. The van der Waals surface area contributed by atoms with Crippen LogP contribution in [0.25, 0.3) is 0 Å². The summed E-state index contributed by atoms with van der Waals surface area (Å²) in [6, 6.07) is 8.59. The second-order valence-corrected chi connectivity index (χ2v) is 5.71. The Bertz CT molecular complexity index is 724. The van der Waals surface area contributed by atoms with Crippen LogP contribution in [0.2, 0.25) is 0 Å². The molecule has 2 amide bonds. The summed E-state index contributed by atoms with van der Waals surface area (Å²) in [4.78, 5) is 13.0. The first kappa shape index (κ1) is 17.2. The summed E-state index contributed by atoms with van der Waals surface area (Å²) < 4.78 is 25.3. The maximum Gasteiger partial charge on any atom is 0.324 e. The third-order valence-corrected chi connectivity index (χ3v) is 3.55. The smallest absolute Gasteiger partial charge is 0.324 e. The Morgan fingerprint density at radius 3 is 2.65 bits per heavy atom. The monoisotopic (exact) mass is 382 g/mol. The molecule has 0 heterocycles. The summed E-state index contributed by atoms with van der Waals surface area (Å²) in [5.41, 5.74) is 6.65. The molecule has 122 valence electrons. The number of amides is 2. The number of nitrogens with zero attached hydrogens (tertiary/aromatic N) is 1. The average molecular weight is 383 g/mol. The molecular formula is C16H16BrFN2O3. The molecule has 0 spiro atoms. The lowest BCUT2D eigenvalue weighted by molar-refractivity contribution is 0.0515. The molecule has 0 radical (unpaired) electrons. The van der Waals surface area contributed by atoms with Gasteiger partial charge in [-0.3, -0.25) is 4.90 Å². The molecule has 0 saturated heterocycles. The van der Waals surface area contributed by atoms with Crippen molar-refractivity contribution in [3.63, 3.8) is 0 Å². The third kappa shape index (κ3) is 4.00. The molecule has 2 aromatic rings. The summed E-state index contributed by atoms with van der Waals surface area (Å²) in [6.07, 6.45) is 0. The zero-order chi connectivity index (χ0) is 17.0. The number of benzene rings is 2. The number of hydrogen-bond donors (Lipinski definition) is 1. The molecule has 2 rings (SSSR count). The Labute approximate surface area is 141 Å². The van der Waals surface area contributed by atoms with Gasteiger partial charge < -0.3 is 15.2 Å². The van der Waals surface area contributed by atoms with E-state index in [4.69, 9.17) is 15.2 Å². The summed E-state index contributed by atoms with van der Waals surface area (Å²) in [7, 11) is 1.48. The van der Waals surface area contributed by atoms with Crippen molar-refractivity contribution < 1.29 is 18.7 Å². The molecule has 2 N–H and O–H groups in total. The number of aryl methyl sites for hydroxylation is 1. The van der Waals surface area contributed by atoms with Crippen LogP contribution in [0.5, 0.6) is 5.75 Å². The number of primary amides is 1. The highest BCUT2D eigenvalue weighted by Crippen LogP contribution is 2.37. The Kier molecular flexibility index (Phi) is 5.57. The van der Waals surface area contributed by atoms with Crippen LogP contribution < -0.4 is 15.4 Å². The minimum Gasteiger partial charge on any atom is -0.465 e. The van der Waals surface area contributed by atoms with Crippen molar-refractivity contribution in [2.75, 3.05) is 18.8 Å². The highest BCUT2D eigenvalue weighted by molar-refractivity contribution is 9.10. The third-order valence-electron chi connectivity index (χ3n) is 3.06. The van der Waals surface area contributed by atoms with Crippen molar-refractivity contribution in [2.45, 2.75) is 6.92 Å². The van der Waals surface area contributed by atoms with E-state index in [1.807, 2.05) is 0 Å². The van der Waals surface area contributed by atoms with Gasteiger partial charge in [0.15, 0.2) is 6.79 Å². The average Bonchev–Trinajstić information content (AvgIpc) is 2.50. The number of hydrogen-bond acceptors (Lipinski definition) is 3. The Morgan fingerprint density at radius 1 is 1.26 bits per heavy atom. The molecule has 0 unspecified atom stereocenters. The van der Waals surface area contributed by atoms with E-state index in [2.05, 4.69) is 15.9 Å². The van der Waals surface area contributed by atoms with E-state index in [-0.39, 0.29) is 12.5 Å².